The normalized spacial score (nSPS) is 23.6. The Bertz CT molecular complexity index is 334. The van der Waals surface area contributed by atoms with Gasteiger partial charge in [-0.25, -0.2) is 0 Å². The maximum absolute atomic E-state index is 11.8. The Labute approximate surface area is 124 Å². The van der Waals surface area contributed by atoms with Gasteiger partial charge in [0.15, 0.2) is 0 Å². The summed E-state index contributed by atoms with van der Waals surface area (Å²) in [4.78, 5) is 13.7. The molecule has 1 fully saturated rings. The molecule has 0 saturated carbocycles. The predicted octanol–water partition coefficient (Wildman–Crippen LogP) is 4.13. The number of likely N-dealkylation sites (tertiary alicyclic amines) is 1. The lowest BCUT2D eigenvalue weighted by Gasteiger charge is -2.32. The van der Waals surface area contributed by atoms with Crippen LogP contribution in [0, 0.1) is 23.2 Å². The minimum Gasteiger partial charge on any atom is -0.338 e. The van der Waals surface area contributed by atoms with Crippen LogP contribution >= 0.6 is 0 Å². The van der Waals surface area contributed by atoms with E-state index >= 15 is 0 Å². The highest BCUT2D eigenvalue weighted by molar-refractivity contribution is 5.74. The molecule has 3 heteroatoms. The Morgan fingerprint density at radius 1 is 1.30 bits per heavy atom. The first-order valence-electron chi connectivity index (χ1n) is 8.32. The fourth-order valence-corrected chi connectivity index (χ4v) is 3.53. The highest BCUT2D eigenvalue weighted by Crippen LogP contribution is 2.34. The second-order valence-electron chi connectivity index (χ2n) is 6.10. The van der Waals surface area contributed by atoms with Crippen LogP contribution in [0.2, 0.25) is 0 Å². The second-order valence-corrected chi connectivity index (χ2v) is 6.10. The SMILES string of the molecule is CCCCCCCC(CC)C1C(C#N)CCN1C(C)=O. The van der Waals surface area contributed by atoms with E-state index in [1.807, 2.05) is 4.90 Å². The van der Waals surface area contributed by atoms with Gasteiger partial charge < -0.3 is 4.90 Å². The Kier molecular flexibility index (Phi) is 7.65. The number of carbonyl (C=O) groups excluding carboxylic acids is 1. The van der Waals surface area contributed by atoms with E-state index < -0.39 is 0 Å². The van der Waals surface area contributed by atoms with Crippen LogP contribution in [0.4, 0.5) is 0 Å². The zero-order valence-electron chi connectivity index (χ0n) is 13.4. The van der Waals surface area contributed by atoms with Crippen molar-refractivity contribution in [1.29, 1.82) is 5.26 Å². The van der Waals surface area contributed by atoms with Gasteiger partial charge in [-0.3, -0.25) is 4.79 Å². The molecule has 0 radical (unpaired) electrons. The largest absolute Gasteiger partial charge is 0.338 e. The zero-order chi connectivity index (χ0) is 15.0. The van der Waals surface area contributed by atoms with E-state index in [1.165, 1.54) is 32.1 Å². The van der Waals surface area contributed by atoms with Crippen molar-refractivity contribution in [1.82, 2.24) is 4.90 Å². The first-order valence-corrected chi connectivity index (χ1v) is 8.32. The van der Waals surface area contributed by atoms with Crippen LogP contribution in [0.25, 0.3) is 0 Å². The van der Waals surface area contributed by atoms with Crippen LogP contribution in [0.1, 0.15) is 72.1 Å². The quantitative estimate of drug-likeness (QED) is 0.626. The summed E-state index contributed by atoms with van der Waals surface area (Å²) in [5, 5.41) is 9.33. The van der Waals surface area contributed by atoms with Gasteiger partial charge in [0.05, 0.1) is 18.0 Å². The summed E-state index contributed by atoms with van der Waals surface area (Å²) < 4.78 is 0. The number of nitrogens with zero attached hydrogens (tertiary/aromatic N) is 2. The number of unbranched alkanes of at least 4 members (excludes halogenated alkanes) is 4. The topological polar surface area (TPSA) is 44.1 Å². The monoisotopic (exact) mass is 278 g/mol. The van der Waals surface area contributed by atoms with E-state index in [9.17, 15) is 10.1 Å². The minimum atomic E-state index is 0.0412. The average molecular weight is 278 g/mol. The van der Waals surface area contributed by atoms with Gasteiger partial charge in [0.1, 0.15) is 0 Å². The lowest BCUT2D eigenvalue weighted by molar-refractivity contribution is -0.130. The maximum atomic E-state index is 11.8. The molecule has 0 spiro atoms. The third-order valence-corrected chi connectivity index (χ3v) is 4.71. The summed E-state index contributed by atoms with van der Waals surface area (Å²) in [6.45, 7) is 6.84. The molecular weight excluding hydrogens is 248 g/mol. The summed E-state index contributed by atoms with van der Waals surface area (Å²) >= 11 is 0. The van der Waals surface area contributed by atoms with Crippen molar-refractivity contribution < 1.29 is 4.79 Å². The van der Waals surface area contributed by atoms with Crippen molar-refractivity contribution in [3.63, 3.8) is 0 Å². The molecule has 1 aliphatic rings. The first kappa shape index (κ1) is 17.0. The molecule has 3 nitrogen and oxygen atoms in total. The van der Waals surface area contributed by atoms with Crippen molar-refractivity contribution in [3.8, 4) is 6.07 Å². The van der Waals surface area contributed by atoms with Gasteiger partial charge in [0, 0.05) is 13.5 Å². The summed E-state index contributed by atoms with van der Waals surface area (Å²) in [5.74, 6) is 0.671. The van der Waals surface area contributed by atoms with Gasteiger partial charge in [-0.05, 0) is 18.8 Å². The number of rotatable bonds is 8. The predicted molar refractivity (Wildman–Crippen MR) is 82.1 cm³/mol. The van der Waals surface area contributed by atoms with Crippen LogP contribution < -0.4 is 0 Å². The van der Waals surface area contributed by atoms with E-state index in [4.69, 9.17) is 0 Å². The number of carbonyl (C=O) groups is 1. The number of amides is 1. The first-order chi connectivity index (χ1) is 9.65. The molecule has 0 aromatic carbocycles. The third-order valence-electron chi connectivity index (χ3n) is 4.71. The van der Waals surface area contributed by atoms with Crippen molar-refractivity contribution in [3.05, 3.63) is 0 Å². The Balaban J connectivity index is 2.56. The molecule has 0 N–H and O–H groups in total. The number of hydrogen-bond acceptors (Lipinski definition) is 2. The molecule has 114 valence electrons. The minimum absolute atomic E-state index is 0.0412. The van der Waals surface area contributed by atoms with Crippen LogP contribution in [-0.2, 0) is 4.79 Å². The molecule has 1 amide bonds. The molecule has 20 heavy (non-hydrogen) atoms. The highest BCUT2D eigenvalue weighted by Gasteiger charge is 2.39. The smallest absolute Gasteiger partial charge is 0.219 e. The number of hydrogen-bond donors (Lipinski definition) is 0. The lowest BCUT2D eigenvalue weighted by atomic mass is 9.84. The van der Waals surface area contributed by atoms with Gasteiger partial charge in [-0.1, -0.05) is 52.4 Å². The van der Waals surface area contributed by atoms with Crippen LogP contribution in [0.5, 0.6) is 0 Å². The fraction of sp³-hybridized carbons (Fsp3) is 0.882. The molecule has 1 rings (SSSR count). The second kappa shape index (κ2) is 9.00. The summed E-state index contributed by atoms with van der Waals surface area (Å²) in [7, 11) is 0. The van der Waals surface area contributed by atoms with Crippen molar-refractivity contribution >= 4 is 5.91 Å². The molecule has 1 saturated heterocycles. The fourth-order valence-electron chi connectivity index (χ4n) is 3.53. The molecule has 3 unspecified atom stereocenters. The van der Waals surface area contributed by atoms with E-state index in [0.29, 0.717) is 5.92 Å². The van der Waals surface area contributed by atoms with E-state index in [2.05, 4.69) is 19.9 Å². The lowest BCUT2D eigenvalue weighted by Crippen LogP contribution is -2.41. The summed E-state index contributed by atoms with van der Waals surface area (Å²) in [6.07, 6.45) is 9.51. The number of nitriles is 1. The Hall–Kier alpha value is -1.04. The molecule has 0 aromatic heterocycles. The molecule has 0 aliphatic carbocycles. The molecule has 0 aromatic rings. The molecule has 0 bridgehead atoms. The summed E-state index contributed by atoms with van der Waals surface area (Å²) in [6, 6.07) is 2.59. The third kappa shape index (κ3) is 4.51. The maximum Gasteiger partial charge on any atom is 0.219 e. The molecule has 3 atom stereocenters. The molecular formula is C17H30N2O. The van der Waals surface area contributed by atoms with Gasteiger partial charge >= 0.3 is 0 Å². The van der Waals surface area contributed by atoms with Gasteiger partial charge in [-0.15, -0.1) is 0 Å². The van der Waals surface area contributed by atoms with Crippen LogP contribution in [0.15, 0.2) is 0 Å². The van der Waals surface area contributed by atoms with Gasteiger partial charge in [0.2, 0.25) is 5.91 Å². The Morgan fingerprint density at radius 2 is 2.00 bits per heavy atom. The standard InChI is InChI=1S/C17H30N2O/c1-4-6-7-8-9-10-15(5-2)17-16(13-18)11-12-19(17)14(3)20/h15-17H,4-12H2,1-3H3. The van der Waals surface area contributed by atoms with Crippen molar-refractivity contribution in [2.24, 2.45) is 11.8 Å². The van der Waals surface area contributed by atoms with E-state index in [-0.39, 0.29) is 17.9 Å². The van der Waals surface area contributed by atoms with Crippen molar-refractivity contribution in [2.45, 2.75) is 78.2 Å². The van der Waals surface area contributed by atoms with E-state index in [1.54, 1.807) is 6.92 Å². The van der Waals surface area contributed by atoms with Crippen molar-refractivity contribution in [2.75, 3.05) is 6.54 Å². The van der Waals surface area contributed by atoms with Gasteiger partial charge in [-0.2, -0.15) is 5.26 Å². The summed E-state index contributed by atoms with van der Waals surface area (Å²) in [5.41, 5.74) is 0. The van der Waals surface area contributed by atoms with Gasteiger partial charge in [0.25, 0.3) is 0 Å². The van der Waals surface area contributed by atoms with Crippen LogP contribution in [-0.4, -0.2) is 23.4 Å². The van der Waals surface area contributed by atoms with E-state index in [0.717, 1.165) is 25.8 Å². The highest BCUT2D eigenvalue weighted by atomic mass is 16.2. The molecule has 1 heterocycles. The average Bonchev–Trinajstić information content (AvgIpc) is 2.87. The van der Waals surface area contributed by atoms with Crippen LogP contribution in [0.3, 0.4) is 0 Å². The Morgan fingerprint density at radius 3 is 2.55 bits per heavy atom. The zero-order valence-corrected chi connectivity index (χ0v) is 13.4. The molecule has 1 aliphatic heterocycles.